The van der Waals surface area contributed by atoms with Gasteiger partial charge in [-0.2, -0.15) is 0 Å². The predicted molar refractivity (Wildman–Crippen MR) is 85.2 cm³/mol. The lowest BCUT2D eigenvalue weighted by molar-refractivity contribution is -0.134. The average Bonchev–Trinajstić information content (AvgIpc) is 2.49. The number of nitrogens with zero attached hydrogens (tertiary/aromatic N) is 2. The predicted octanol–water partition coefficient (Wildman–Crippen LogP) is 1.30. The van der Waals surface area contributed by atoms with E-state index in [4.69, 9.17) is 5.73 Å². The van der Waals surface area contributed by atoms with E-state index in [1.165, 1.54) is 0 Å². The summed E-state index contributed by atoms with van der Waals surface area (Å²) in [7, 11) is 0. The summed E-state index contributed by atoms with van der Waals surface area (Å²) < 4.78 is 0. The molecular weight excluding hydrogens is 280 g/mol. The van der Waals surface area contributed by atoms with Crippen molar-refractivity contribution in [2.75, 3.05) is 18.4 Å². The highest BCUT2D eigenvalue weighted by molar-refractivity contribution is 5.92. The molecule has 1 saturated heterocycles. The van der Waals surface area contributed by atoms with Gasteiger partial charge in [-0.15, -0.1) is 0 Å². The van der Waals surface area contributed by atoms with E-state index in [1.807, 2.05) is 19.9 Å². The molecule has 6 heteroatoms. The molecule has 1 aliphatic rings. The molecule has 22 heavy (non-hydrogen) atoms. The highest BCUT2D eigenvalue weighted by atomic mass is 16.2. The van der Waals surface area contributed by atoms with Crippen molar-refractivity contribution in [3.63, 3.8) is 0 Å². The van der Waals surface area contributed by atoms with Crippen LogP contribution in [0.2, 0.25) is 0 Å². The third kappa shape index (κ3) is 4.53. The minimum Gasteiger partial charge on any atom is -0.342 e. The monoisotopic (exact) mass is 304 g/mol. The number of hydrogen-bond donors (Lipinski definition) is 2. The minimum atomic E-state index is -0.186. The standard InChI is InChI=1S/C16H24N4O2/c1-11-5-6-14(18-9-11)19-16(22)13-4-3-7-20(10-13)15(21)8-12(2)17/h5-6,9,12-13H,3-4,7-8,10,17H2,1-2H3,(H,18,19,22). The van der Waals surface area contributed by atoms with Crippen molar-refractivity contribution >= 4 is 17.6 Å². The van der Waals surface area contributed by atoms with Gasteiger partial charge in [0.2, 0.25) is 11.8 Å². The summed E-state index contributed by atoms with van der Waals surface area (Å²) in [5, 5.41) is 2.83. The van der Waals surface area contributed by atoms with Gasteiger partial charge in [-0.3, -0.25) is 9.59 Å². The molecule has 1 aliphatic heterocycles. The zero-order chi connectivity index (χ0) is 16.1. The second kappa shape index (κ2) is 7.35. The van der Waals surface area contributed by atoms with Crippen LogP contribution in [-0.2, 0) is 9.59 Å². The molecule has 0 radical (unpaired) electrons. The summed E-state index contributed by atoms with van der Waals surface area (Å²) in [4.78, 5) is 30.3. The molecule has 120 valence electrons. The van der Waals surface area contributed by atoms with Gasteiger partial charge in [0.05, 0.1) is 5.92 Å². The van der Waals surface area contributed by atoms with Crippen molar-refractivity contribution in [2.45, 2.75) is 39.2 Å². The van der Waals surface area contributed by atoms with Gasteiger partial charge < -0.3 is 16.0 Å². The first-order chi connectivity index (χ1) is 10.5. The summed E-state index contributed by atoms with van der Waals surface area (Å²) in [6.07, 6.45) is 3.67. The Balaban J connectivity index is 1.92. The Hall–Kier alpha value is -1.95. The van der Waals surface area contributed by atoms with Crippen LogP contribution in [0.15, 0.2) is 18.3 Å². The number of nitrogens with two attached hydrogens (primary N) is 1. The van der Waals surface area contributed by atoms with E-state index in [0.29, 0.717) is 25.3 Å². The number of carbonyl (C=O) groups is 2. The molecule has 0 saturated carbocycles. The molecular formula is C16H24N4O2. The fourth-order valence-electron chi connectivity index (χ4n) is 2.59. The van der Waals surface area contributed by atoms with Crippen LogP contribution in [0.5, 0.6) is 0 Å². The summed E-state index contributed by atoms with van der Waals surface area (Å²) in [5.41, 5.74) is 6.72. The van der Waals surface area contributed by atoms with Crippen LogP contribution < -0.4 is 11.1 Å². The van der Waals surface area contributed by atoms with E-state index in [0.717, 1.165) is 18.4 Å². The van der Waals surface area contributed by atoms with Gasteiger partial charge >= 0.3 is 0 Å². The van der Waals surface area contributed by atoms with Gasteiger partial charge in [0.1, 0.15) is 5.82 Å². The van der Waals surface area contributed by atoms with Gasteiger partial charge in [0.15, 0.2) is 0 Å². The smallest absolute Gasteiger partial charge is 0.230 e. The lowest BCUT2D eigenvalue weighted by Crippen LogP contribution is -2.45. The van der Waals surface area contributed by atoms with Crippen molar-refractivity contribution in [1.29, 1.82) is 0 Å². The Bertz CT molecular complexity index is 527. The Morgan fingerprint density at radius 3 is 2.91 bits per heavy atom. The normalized spacial score (nSPS) is 19.6. The van der Waals surface area contributed by atoms with E-state index >= 15 is 0 Å². The molecule has 0 spiro atoms. The number of pyridine rings is 1. The maximum Gasteiger partial charge on any atom is 0.230 e. The van der Waals surface area contributed by atoms with Crippen LogP contribution in [0, 0.1) is 12.8 Å². The summed E-state index contributed by atoms with van der Waals surface area (Å²) >= 11 is 0. The molecule has 6 nitrogen and oxygen atoms in total. The largest absolute Gasteiger partial charge is 0.342 e. The minimum absolute atomic E-state index is 0.0287. The quantitative estimate of drug-likeness (QED) is 0.877. The molecule has 1 aromatic heterocycles. The van der Waals surface area contributed by atoms with Gasteiger partial charge in [-0.05, 0) is 38.3 Å². The van der Waals surface area contributed by atoms with Gasteiger partial charge in [-0.1, -0.05) is 6.07 Å². The van der Waals surface area contributed by atoms with E-state index in [9.17, 15) is 9.59 Å². The number of hydrogen-bond acceptors (Lipinski definition) is 4. The van der Waals surface area contributed by atoms with Crippen molar-refractivity contribution < 1.29 is 9.59 Å². The summed E-state index contributed by atoms with van der Waals surface area (Å²) in [5.74, 6) is 0.319. The molecule has 0 bridgehead atoms. The van der Waals surface area contributed by atoms with Gasteiger partial charge in [-0.25, -0.2) is 4.98 Å². The van der Waals surface area contributed by atoms with Crippen LogP contribution in [0.25, 0.3) is 0 Å². The Morgan fingerprint density at radius 2 is 2.27 bits per heavy atom. The third-order valence-electron chi connectivity index (χ3n) is 3.80. The summed E-state index contributed by atoms with van der Waals surface area (Å²) in [6, 6.07) is 3.54. The molecule has 2 amide bonds. The molecule has 0 aliphatic carbocycles. The molecule has 0 aromatic carbocycles. The SMILES string of the molecule is Cc1ccc(NC(=O)C2CCCN(C(=O)CC(C)N)C2)nc1. The zero-order valence-corrected chi connectivity index (χ0v) is 13.2. The van der Waals surface area contributed by atoms with Crippen LogP contribution in [0.1, 0.15) is 31.7 Å². The Labute approximate surface area is 131 Å². The van der Waals surface area contributed by atoms with Crippen LogP contribution >= 0.6 is 0 Å². The Morgan fingerprint density at radius 1 is 1.50 bits per heavy atom. The van der Waals surface area contributed by atoms with Crippen LogP contribution in [0.4, 0.5) is 5.82 Å². The number of carbonyl (C=O) groups excluding carboxylic acids is 2. The highest BCUT2D eigenvalue weighted by Crippen LogP contribution is 2.19. The van der Waals surface area contributed by atoms with Gasteiger partial charge in [0, 0.05) is 31.7 Å². The van der Waals surface area contributed by atoms with Crippen molar-refractivity contribution in [3.8, 4) is 0 Å². The first-order valence-corrected chi connectivity index (χ1v) is 7.72. The maximum absolute atomic E-state index is 12.3. The number of amides is 2. The van der Waals surface area contributed by atoms with Gasteiger partial charge in [0.25, 0.3) is 0 Å². The second-order valence-electron chi connectivity index (χ2n) is 6.07. The highest BCUT2D eigenvalue weighted by Gasteiger charge is 2.28. The maximum atomic E-state index is 12.3. The average molecular weight is 304 g/mol. The number of likely N-dealkylation sites (tertiary alicyclic amines) is 1. The number of piperidine rings is 1. The molecule has 1 fully saturated rings. The number of nitrogens with one attached hydrogen (secondary N) is 1. The van der Waals surface area contributed by atoms with Crippen LogP contribution in [-0.4, -0.2) is 40.8 Å². The fourth-order valence-corrected chi connectivity index (χ4v) is 2.59. The number of anilines is 1. The van der Waals surface area contributed by atoms with Crippen LogP contribution in [0.3, 0.4) is 0 Å². The lowest BCUT2D eigenvalue weighted by atomic mass is 9.96. The molecule has 3 N–H and O–H groups in total. The molecule has 2 heterocycles. The molecule has 2 unspecified atom stereocenters. The van der Waals surface area contributed by atoms with E-state index in [-0.39, 0.29) is 23.8 Å². The second-order valence-corrected chi connectivity index (χ2v) is 6.07. The fraction of sp³-hybridized carbons (Fsp3) is 0.562. The first-order valence-electron chi connectivity index (χ1n) is 7.72. The number of rotatable bonds is 4. The topological polar surface area (TPSA) is 88.3 Å². The third-order valence-corrected chi connectivity index (χ3v) is 3.80. The van der Waals surface area contributed by atoms with Crippen molar-refractivity contribution in [1.82, 2.24) is 9.88 Å². The van der Waals surface area contributed by atoms with E-state index in [1.54, 1.807) is 17.2 Å². The number of aromatic nitrogens is 1. The zero-order valence-electron chi connectivity index (χ0n) is 13.2. The van der Waals surface area contributed by atoms with Crippen molar-refractivity contribution in [2.24, 2.45) is 11.7 Å². The molecule has 1 aromatic rings. The number of aryl methyl sites for hydroxylation is 1. The summed E-state index contributed by atoms with van der Waals surface area (Å²) in [6.45, 7) is 4.93. The van der Waals surface area contributed by atoms with E-state index < -0.39 is 0 Å². The van der Waals surface area contributed by atoms with Crippen molar-refractivity contribution in [3.05, 3.63) is 23.9 Å². The lowest BCUT2D eigenvalue weighted by Gasteiger charge is -2.32. The first kappa shape index (κ1) is 16.4. The Kier molecular flexibility index (Phi) is 5.49. The molecule has 2 rings (SSSR count). The van der Waals surface area contributed by atoms with E-state index in [2.05, 4.69) is 10.3 Å². The molecule has 2 atom stereocenters.